The Morgan fingerprint density at radius 2 is 1.45 bits per heavy atom. The first-order valence-electron chi connectivity index (χ1n) is 14.8. The molecule has 4 aliphatic rings. The number of hydrogen-bond acceptors (Lipinski definition) is 2. The van der Waals surface area contributed by atoms with Gasteiger partial charge in [0.1, 0.15) is 0 Å². The number of fused-ring (bicyclic) bond motifs is 7. The molecule has 1 fully saturated rings. The molecule has 3 aromatic carbocycles. The van der Waals surface area contributed by atoms with Crippen molar-refractivity contribution in [1.29, 1.82) is 0 Å². The van der Waals surface area contributed by atoms with Crippen molar-refractivity contribution in [3.05, 3.63) is 137 Å². The number of hydrogen-bond donors (Lipinski definition) is 0. The van der Waals surface area contributed by atoms with E-state index in [4.69, 9.17) is 9.31 Å². The maximum atomic E-state index is 6.47. The highest BCUT2D eigenvalue weighted by Gasteiger charge is 2.51. The van der Waals surface area contributed by atoms with Crippen molar-refractivity contribution in [2.45, 2.75) is 64.1 Å². The van der Waals surface area contributed by atoms with E-state index in [1.807, 2.05) is 0 Å². The highest BCUT2D eigenvalue weighted by Crippen LogP contribution is 2.52. The van der Waals surface area contributed by atoms with Crippen molar-refractivity contribution in [1.82, 2.24) is 0 Å². The maximum absolute atomic E-state index is 6.47. The van der Waals surface area contributed by atoms with Crippen LogP contribution >= 0.6 is 0 Å². The van der Waals surface area contributed by atoms with Gasteiger partial charge in [0.15, 0.2) is 0 Å². The van der Waals surface area contributed by atoms with Gasteiger partial charge in [0, 0.05) is 11.8 Å². The van der Waals surface area contributed by atoms with Crippen molar-refractivity contribution in [3.8, 4) is 0 Å². The highest BCUT2D eigenvalue weighted by molar-refractivity contribution is 6.62. The summed E-state index contributed by atoms with van der Waals surface area (Å²) in [6, 6.07) is 27.0. The van der Waals surface area contributed by atoms with Crippen molar-refractivity contribution in [2.24, 2.45) is 5.92 Å². The second kappa shape index (κ2) is 9.61. The minimum atomic E-state index is -0.381. The Kier molecular flexibility index (Phi) is 6.14. The molecule has 1 aliphatic heterocycles. The average molecular weight is 525 g/mol. The van der Waals surface area contributed by atoms with Crippen LogP contribution in [0.1, 0.15) is 74.3 Å². The lowest BCUT2D eigenvalue weighted by Gasteiger charge is -2.37. The Morgan fingerprint density at radius 3 is 2.25 bits per heavy atom. The predicted octanol–water partition coefficient (Wildman–Crippen LogP) is 8.05. The Labute approximate surface area is 239 Å². The zero-order valence-electron chi connectivity index (χ0n) is 24.0. The fourth-order valence-electron chi connectivity index (χ4n) is 6.85. The maximum Gasteiger partial charge on any atom is 0.494 e. The summed E-state index contributed by atoms with van der Waals surface area (Å²) >= 11 is 0. The minimum absolute atomic E-state index is 0.271. The quantitative estimate of drug-likeness (QED) is 0.316. The van der Waals surface area contributed by atoms with E-state index in [0.717, 1.165) is 24.7 Å². The summed E-state index contributed by atoms with van der Waals surface area (Å²) in [6.45, 7) is 8.48. The van der Waals surface area contributed by atoms with Gasteiger partial charge < -0.3 is 9.31 Å². The van der Waals surface area contributed by atoms with Gasteiger partial charge in [0.2, 0.25) is 0 Å². The summed E-state index contributed by atoms with van der Waals surface area (Å²) in [4.78, 5) is 0. The predicted molar refractivity (Wildman–Crippen MR) is 166 cm³/mol. The molecule has 0 radical (unpaired) electrons. The molecule has 7 rings (SSSR count). The molecule has 0 amide bonds. The van der Waals surface area contributed by atoms with Gasteiger partial charge in [-0.2, -0.15) is 0 Å². The third-order valence-corrected chi connectivity index (χ3v) is 9.63. The Balaban J connectivity index is 1.45. The molecular weight excluding hydrogens is 487 g/mol. The Bertz CT molecular complexity index is 1590. The molecule has 2 unspecified atom stereocenters. The molecule has 0 aromatic heterocycles. The summed E-state index contributed by atoms with van der Waals surface area (Å²) in [5.41, 5.74) is 11.3. The molecule has 1 heterocycles. The molecule has 2 atom stereocenters. The second-order valence-electron chi connectivity index (χ2n) is 12.6. The summed E-state index contributed by atoms with van der Waals surface area (Å²) < 4.78 is 12.9. The standard InChI is InChI=1S/C37H37BO2/c1-36(2)37(3,4)40-38(39-36)27-17-13-16-26(24-27)29-19-8-6-15-25-14-5-7-18-28(25)34-32-22-11-9-20-30(32)31-21-10-12-23-33(31)35(29)34/h5,7,9-14,16-24,31,33H,6,8,15H2,1-4H3/b29-19+. The van der Waals surface area contributed by atoms with Gasteiger partial charge in [-0.05, 0) is 97.0 Å². The van der Waals surface area contributed by atoms with Crippen LogP contribution in [0.5, 0.6) is 0 Å². The largest absolute Gasteiger partial charge is 0.494 e. The SMILES string of the molecule is CC1(C)OB(c2cccc(/C3=C\CCCc4ccccc4C4=C3C3C=CC=CC3c3ccccc34)c2)OC1(C)C. The molecular formula is C37H37BO2. The summed E-state index contributed by atoms with van der Waals surface area (Å²) in [5, 5.41) is 0. The Morgan fingerprint density at radius 1 is 0.750 bits per heavy atom. The minimum Gasteiger partial charge on any atom is -0.399 e. The van der Waals surface area contributed by atoms with Crippen LogP contribution in [0.25, 0.3) is 11.1 Å². The van der Waals surface area contributed by atoms with Gasteiger partial charge in [0.25, 0.3) is 0 Å². The van der Waals surface area contributed by atoms with Gasteiger partial charge in [-0.15, -0.1) is 0 Å². The number of aryl methyl sites for hydroxylation is 1. The molecule has 0 saturated carbocycles. The zero-order valence-corrected chi connectivity index (χ0v) is 24.0. The lowest BCUT2D eigenvalue weighted by Crippen LogP contribution is -2.41. The van der Waals surface area contributed by atoms with Gasteiger partial charge in [-0.1, -0.05) is 103 Å². The summed E-state index contributed by atoms with van der Waals surface area (Å²) in [7, 11) is -0.381. The van der Waals surface area contributed by atoms with E-state index in [0.29, 0.717) is 5.92 Å². The number of allylic oxidation sites excluding steroid dienone is 7. The van der Waals surface area contributed by atoms with Crippen LogP contribution in [0.4, 0.5) is 0 Å². The third-order valence-electron chi connectivity index (χ3n) is 9.63. The van der Waals surface area contributed by atoms with E-state index in [9.17, 15) is 0 Å². The summed E-state index contributed by atoms with van der Waals surface area (Å²) in [6.07, 6.45) is 15.0. The lowest BCUT2D eigenvalue weighted by molar-refractivity contribution is 0.00578. The smallest absolute Gasteiger partial charge is 0.399 e. The fraction of sp³-hybridized carbons (Fsp3) is 0.297. The van der Waals surface area contributed by atoms with Crippen LogP contribution in [0, 0.1) is 5.92 Å². The van der Waals surface area contributed by atoms with E-state index < -0.39 is 0 Å². The van der Waals surface area contributed by atoms with E-state index in [1.54, 1.807) is 0 Å². The van der Waals surface area contributed by atoms with Gasteiger partial charge >= 0.3 is 7.12 Å². The first kappa shape index (κ1) is 25.6. The molecule has 3 aliphatic carbocycles. The first-order valence-corrected chi connectivity index (χ1v) is 14.8. The van der Waals surface area contributed by atoms with Crippen LogP contribution < -0.4 is 5.46 Å². The van der Waals surface area contributed by atoms with Gasteiger partial charge in [-0.25, -0.2) is 0 Å². The van der Waals surface area contributed by atoms with Crippen molar-refractivity contribution in [3.63, 3.8) is 0 Å². The molecule has 2 nitrogen and oxygen atoms in total. The molecule has 40 heavy (non-hydrogen) atoms. The molecule has 0 spiro atoms. The van der Waals surface area contributed by atoms with Gasteiger partial charge in [0.05, 0.1) is 11.2 Å². The monoisotopic (exact) mass is 524 g/mol. The van der Waals surface area contributed by atoms with Crippen molar-refractivity contribution >= 4 is 23.7 Å². The van der Waals surface area contributed by atoms with E-state index >= 15 is 0 Å². The molecule has 3 heteroatoms. The summed E-state index contributed by atoms with van der Waals surface area (Å²) in [5.74, 6) is 0.593. The second-order valence-corrected chi connectivity index (χ2v) is 12.6. The van der Waals surface area contributed by atoms with Crippen LogP contribution in [-0.2, 0) is 15.7 Å². The van der Waals surface area contributed by atoms with Crippen molar-refractivity contribution in [2.75, 3.05) is 0 Å². The van der Waals surface area contributed by atoms with Crippen LogP contribution in [0.3, 0.4) is 0 Å². The Hall–Kier alpha value is -3.40. The molecule has 200 valence electrons. The molecule has 0 N–H and O–H groups in total. The molecule has 3 aromatic rings. The molecule has 0 bridgehead atoms. The van der Waals surface area contributed by atoms with Crippen LogP contribution in [-0.4, -0.2) is 18.3 Å². The van der Waals surface area contributed by atoms with E-state index in [1.165, 1.54) is 44.5 Å². The van der Waals surface area contributed by atoms with Gasteiger partial charge in [-0.3, -0.25) is 0 Å². The normalized spacial score (nSPS) is 25.5. The zero-order chi connectivity index (χ0) is 27.5. The fourth-order valence-corrected chi connectivity index (χ4v) is 6.85. The van der Waals surface area contributed by atoms with E-state index in [-0.39, 0.29) is 24.2 Å². The van der Waals surface area contributed by atoms with E-state index in [2.05, 4.69) is 131 Å². The average Bonchev–Trinajstić information content (AvgIpc) is 3.23. The van der Waals surface area contributed by atoms with Crippen LogP contribution in [0.2, 0.25) is 0 Å². The van der Waals surface area contributed by atoms with Crippen molar-refractivity contribution < 1.29 is 9.31 Å². The number of benzene rings is 3. The number of rotatable bonds is 2. The van der Waals surface area contributed by atoms with Crippen LogP contribution in [0.15, 0.2) is 109 Å². The highest BCUT2D eigenvalue weighted by atomic mass is 16.7. The lowest BCUT2D eigenvalue weighted by atomic mass is 9.65. The first-order chi connectivity index (χ1) is 19.3. The molecule has 1 saturated heterocycles. The third kappa shape index (κ3) is 4.10. The topological polar surface area (TPSA) is 18.5 Å².